The van der Waals surface area contributed by atoms with Gasteiger partial charge in [-0.05, 0) is 56.0 Å². The van der Waals surface area contributed by atoms with Gasteiger partial charge in [-0.3, -0.25) is 4.79 Å². The number of benzene rings is 2. The van der Waals surface area contributed by atoms with E-state index in [1.165, 1.54) is 6.42 Å². The van der Waals surface area contributed by atoms with Crippen LogP contribution in [-0.4, -0.2) is 38.4 Å². The lowest BCUT2D eigenvalue weighted by Crippen LogP contribution is -2.42. The standard InChI is InChI=1S/C20H22N4O/c1-15-6-4-5-13-23(15)20(25)17-11-9-16(10-12-17)14-24-19-8-3-2-7-18(19)21-22-24/h2-3,7-12,15H,4-6,13-14H2,1H3/t15-/m1/s1. The van der Waals surface area contributed by atoms with Crippen molar-refractivity contribution in [2.75, 3.05) is 6.54 Å². The highest BCUT2D eigenvalue weighted by atomic mass is 16.2. The quantitative estimate of drug-likeness (QED) is 0.737. The number of carbonyl (C=O) groups excluding carboxylic acids is 1. The van der Waals surface area contributed by atoms with Gasteiger partial charge in [0.15, 0.2) is 0 Å². The highest BCUT2D eigenvalue weighted by molar-refractivity contribution is 5.94. The van der Waals surface area contributed by atoms with Crippen LogP contribution in [0.1, 0.15) is 42.1 Å². The Bertz CT molecular complexity index is 884. The molecule has 1 saturated heterocycles. The molecule has 1 atom stereocenters. The van der Waals surface area contributed by atoms with E-state index in [0.717, 1.165) is 41.5 Å². The van der Waals surface area contributed by atoms with Crippen molar-refractivity contribution in [3.63, 3.8) is 0 Å². The Kier molecular flexibility index (Phi) is 4.22. The number of para-hydroxylation sites is 1. The molecule has 0 unspecified atom stereocenters. The first-order valence-corrected chi connectivity index (χ1v) is 8.90. The van der Waals surface area contributed by atoms with Crippen molar-refractivity contribution < 1.29 is 4.79 Å². The second-order valence-corrected chi connectivity index (χ2v) is 6.78. The van der Waals surface area contributed by atoms with Crippen LogP contribution in [0, 0.1) is 0 Å². The third-order valence-corrected chi connectivity index (χ3v) is 5.02. The molecule has 0 spiro atoms. The molecule has 4 rings (SSSR count). The number of nitrogens with zero attached hydrogens (tertiary/aromatic N) is 4. The molecule has 2 aromatic carbocycles. The molecule has 2 heterocycles. The molecule has 25 heavy (non-hydrogen) atoms. The van der Waals surface area contributed by atoms with Crippen molar-refractivity contribution in [1.29, 1.82) is 0 Å². The van der Waals surface area contributed by atoms with Gasteiger partial charge in [-0.2, -0.15) is 0 Å². The van der Waals surface area contributed by atoms with E-state index in [2.05, 4.69) is 17.2 Å². The Morgan fingerprint density at radius 1 is 1.12 bits per heavy atom. The van der Waals surface area contributed by atoms with E-state index in [0.29, 0.717) is 12.6 Å². The van der Waals surface area contributed by atoms with Gasteiger partial charge < -0.3 is 4.90 Å². The van der Waals surface area contributed by atoms with Gasteiger partial charge in [0.2, 0.25) is 0 Å². The number of aromatic nitrogens is 3. The van der Waals surface area contributed by atoms with Crippen LogP contribution in [0.3, 0.4) is 0 Å². The number of hydrogen-bond donors (Lipinski definition) is 0. The van der Waals surface area contributed by atoms with Crippen molar-refractivity contribution >= 4 is 16.9 Å². The fourth-order valence-corrected chi connectivity index (χ4v) is 3.53. The first-order chi connectivity index (χ1) is 12.2. The second kappa shape index (κ2) is 6.67. The molecule has 1 aromatic heterocycles. The topological polar surface area (TPSA) is 51.0 Å². The van der Waals surface area contributed by atoms with Crippen LogP contribution < -0.4 is 0 Å². The normalized spacial score (nSPS) is 17.8. The first kappa shape index (κ1) is 15.8. The summed E-state index contributed by atoms with van der Waals surface area (Å²) in [4.78, 5) is 14.7. The molecular weight excluding hydrogens is 312 g/mol. The Morgan fingerprint density at radius 2 is 1.92 bits per heavy atom. The van der Waals surface area contributed by atoms with Crippen LogP contribution in [0.5, 0.6) is 0 Å². The number of fused-ring (bicyclic) bond motifs is 1. The van der Waals surface area contributed by atoms with Gasteiger partial charge in [0, 0.05) is 18.2 Å². The lowest BCUT2D eigenvalue weighted by Gasteiger charge is -2.33. The number of likely N-dealkylation sites (tertiary alicyclic amines) is 1. The maximum Gasteiger partial charge on any atom is 0.254 e. The number of amides is 1. The van der Waals surface area contributed by atoms with Crippen molar-refractivity contribution in [3.05, 3.63) is 59.7 Å². The molecule has 128 valence electrons. The molecule has 1 fully saturated rings. The summed E-state index contributed by atoms with van der Waals surface area (Å²) < 4.78 is 1.89. The van der Waals surface area contributed by atoms with Crippen molar-refractivity contribution in [1.82, 2.24) is 19.9 Å². The maximum atomic E-state index is 12.7. The molecule has 0 bridgehead atoms. The largest absolute Gasteiger partial charge is 0.336 e. The SMILES string of the molecule is C[C@@H]1CCCCN1C(=O)c1ccc(Cn2nnc3ccccc32)cc1. The van der Waals surface area contributed by atoms with Gasteiger partial charge in [0.25, 0.3) is 5.91 Å². The van der Waals surface area contributed by atoms with E-state index >= 15 is 0 Å². The van der Waals surface area contributed by atoms with Crippen molar-refractivity contribution in [3.8, 4) is 0 Å². The van der Waals surface area contributed by atoms with Crippen molar-refractivity contribution in [2.45, 2.75) is 38.8 Å². The van der Waals surface area contributed by atoms with Gasteiger partial charge >= 0.3 is 0 Å². The van der Waals surface area contributed by atoms with Crippen LogP contribution in [0.15, 0.2) is 48.5 Å². The van der Waals surface area contributed by atoms with Gasteiger partial charge in [0.1, 0.15) is 5.52 Å². The van der Waals surface area contributed by atoms with Crippen LogP contribution in [0.25, 0.3) is 11.0 Å². The zero-order valence-electron chi connectivity index (χ0n) is 14.4. The average Bonchev–Trinajstić information content (AvgIpc) is 3.05. The zero-order valence-corrected chi connectivity index (χ0v) is 14.4. The summed E-state index contributed by atoms with van der Waals surface area (Å²) in [6.45, 7) is 3.66. The summed E-state index contributed by atoms with van der Waals surface area (Å²) >= 11 is 0. The molecule has 5 nitrogen and oxygen atoms in total. The lowest BCUT2D eigenvalue weighted by molar-refractivity contribution is 0.0635. The molecule has 0 saturated carbocycles. The summed E-state index contributed by atoms with van der Waals surface area (Å²) in [5.41, 5.74) is 3.79. The second-order valence-electron chi connectivity index (χ2n) is 6.78. The maximum absolute atomic E-state index is 12.7. The van der Waals surface area contributed by atoms with E-state index in [4.69, 9.17) is 0 Å². The van der Waals surface area contributed by atoms with E-state index in [1.807, 2.05) is 58.1 Å². The Balaban J connectivity index is 1.51. The van der Waals surface area contributed by atoms with Crippen LogP contribution in [0.2, 0.25) is 0 Å². The van der Waals surface area contributed by atoms with Crippen molar-refractivity contribution in [2.24, 2.45) is 0 Å². The predicted octanol–water partition coefficient (Wildman–Crippen LogP) is 3.49. The molecular formula is C20H22N4O. The Morgan fingerprint density at radius 3 is 2.72 bits per heavy atom. The third-order valence-electron chi connectivity index (χ3n) is 5.02. The number of carbonyl (C=O) groups is 1. The fraction of sp³-hybridized carbons (Fsp3) is 0.350. The number of rotatable bonds is 3. The molecule has 0 N–H and O–H groups in total. The summed E-state index contributed by atoms with van der Waals surface area (Å²) in [6, 6.07) is 16.1. The summed E-state index contributed by atoms with van der Waals surface area (Å²) in [5, 5.41) is 8.41. The molecule has 5 heteroatoms. The smallest absolute Gasteiger partial charge is 0.254 e. The van der Waals surface area contributed by atoms with Crippen LogP contribution in [-0.2, 0) is 6.54 Å². The Hall–Kier alpha value is -2.69. The highest BCUT2D eigenvalue weighted by Gasteiger charge is 2.24. The third kappa shape index (κ3) is 3.14. The van der Waals surface area contributed by atoms with E-state index in [9.17, 15) is 4.79 Å². The molecule has 1 amide bonds. The predicted molar refractivity (Wildman–Crippen MR) is 97.4 cm³/mol. The lowest BCUT2D eigenvalue weighted by atomic mass is 10.0. The van der Waals surface area contributed by atoms with Gasteiger partial charge in [0.05, 0.1) is 12.1 Å². The van der Waals surface area contributed by atoms with Gasteiger partial charge in [-0.1, -0.05) is 29.5 Å². The Labute approximate surface area is 147 Å². The summed E-state index contributed by atoms with van der Waals surface area (Å²) in [5.74, 6) is 0.143. The monoisotopic (exact) mass is 334 g/mol. The highest BCUT2D eigenvalue weighted by Crippen LogP contribution is 2.20. The molecule has 1 aliphatic rings. The summed E-state index contributed by atoms with van der Waals surface area (Å²) in [7, 11) is 0. The first-order valence-electron chi connectivity index (χ1n) is 8.90. The fourth-order valence-electron chi connectivity index (χ4n) is 3.53. The summed E-state index contributed by atoms with van der Waals surface area (Å²) in [6.07, 6.45) is 3.42. The minimum Gasteiger partial charge on any atom is -0.336 e. The minimum absolute atomic E-state index is 0.143. The van der Waals surface area contributed by atoms with Gasteiger partial charge in [-0.25, -0.2) is 4.68 Å². The number of hydrogen-bond acceptors (Lipinski definition) is 3. The van der Waals surface area contributed by atoms with Crippen LogP contribution in [0.4, 0.5) is 0 Å². The molecule has 0 aliphatic carbocycles. The average molecular weight is 334 g/mol. The molecule has 0 radical (unpaired) electrons. The van der Waals surface area contributed by atoms with E-state index < -0.39 is 0 Å². The molecule has 3 aromatic rings. The minimum atomic E-state index is 0.143. The van der Waals surface area contributed by atoms with E-state index in [1.54, 1.807) is 0 Å². The van der Waals surface area contributed by atoms with Crippen LogP contribution >= 0.6 is 0 Å². The number of piperidine rings is 1. The van der Waals surface area contributed by atoms with Gasteiger partial charge in [-0.15, -0.1) is 5.10 Å². The van der Waals surface area contributed by atoms with E-state index in [-0.39, 0.29) is 5.91 Å². The molecule has 1 aliphatic heterocycles. The zero-order chi connectivity index (χ0) is 17.2.